The van der Waals surface area contributed by atoms with Gasteiger partial charge in [-0.25, -0.2) is 17.5 Å². The van der Waals surface area contributed by atoms with Gasteiger partial charge in [0.15, 0.2) is 0 Å². The minimum atomic E-state index is -3.85. The normalized spacial score (nSPS) is 20.0. The van der Waals surface area contributed by atoms with Gasteiger partial charge >= 0.3 is 0 Å². The Kier molecular flexibility index (Phi) is 7.27. The molecule has 7 nitrogen and oxygen atoms in total. The van der Waals surface area contributed by atoms with Gasteiger partial charge in [-0.15, -0.1) is 0 Å². The van der Waals surface area contributed by atoms with E-state index in [1.807, 2.05) is 41.2 Å². The van der Waals surface area contributed by atoms with Gasteiger partial charge in [0.25, 0.3) is 0 Å². The Labute approximate surface area is 239 Å². The van der Waals surface area contributed by atoms with E-state index in [2.05, 4.69) is 18.1 Å². The highest BCUT2D eigenvalue weighted by atomic mass is 32.2. The number of nitrogens with zero attached hydrogens (tertiary/aromatic N) is 3. The molecule has 2 aliphatic rings. The van der Waals surface area contributed by atoms with Crippen molar-refractivity contribution in [1.82, 2.24) is 14.1 Å². The number of aliphatic hydroxyl groups is 1. The van der Waals surface area contributed by atoms with E-state index in [1.54, 1.807) is 36.4 Å². The van der Waals surface area contributed by atoms with Crippen LogP contribution in [0.15, 0.2) is 95.5 Å². The molecular weight excluding hydrogens is 541 g/mol. The molecule has 3 aromatic carbocycles. The Morgan fingerprint density at radius 1 is 1.05 bits per heavy atom. The van der Waals surface area contributed by atoms with Crippen LogP contribution in [-0.4, -0.2) is 47.3 Å². The number of benzene rings is 3. The van der Waals surface area contributed by atoms with Crippen LogP contribution in [0.5, 0.6) is 11.5 Å². The molecule has 0 saturated heterocycles. The molecule has 2 aliphatic carbocycles. The highest BCUT2D eigenvalue weighted by Gasteiger charge is 2.47. The summed E-state index contributed by atoms with van der Waals surface area (Å²) in [6.45, 7) is 2.26. The van der Waals surface area contributed by atoms with E-state index in [-0.39, 0.29) is 35.2 Å². The lowest BCUT2D eigenvalue weighted by atomic mass is 9.70. The third kappa shape index (κ3) is 5.21. The van der Waals surface area contributed by atoms with Gasteiger partial charge < -0.3 is 9.84 Å². The Hall–Kier alpha value is -3.79. The summed E-state index contributed by atoms with van der Waals surface area (Å²) in [4.78, 5) is 0.164. The quantitative estimate of drug-likeness (QED) is 0.272. The summed E-state index contributed by atoms with van der Waals surface area (Å²) >= 11 is 0. The number of hydrogen-bond donors (Lipinski definition) is 1. The minimum Gasteiger partial charge on any atom is -0.457 e. The number of sulfonamides is 1. The highest BCUT2D eigenvalue weighted by Crippen LogP contribution is 2.53. The van der Waals surface area contributed by atoms with Gasteiger partial charge in [-0.3, -0.25) is 0 Å². The maximum Gasteiger partial charge on any atom is 0.243 e. The molecule has 4 aromatic rings. The van der Waals surface area contributed by atoms with Crippen LogP contribution in [0.3, 0.4) is 0 Å². The molecule has 0 bridgehead atoms. The molecular formula is C32H32FN3O4S. The topological polar surface area (TPSA) is 84.7 Å². The fourth-order valence-electron chi connectivity index (χ4n) is 6.13. The second-order valence-electron chi connectivity index (χ2n) is 10.9. The van der Waals surface area contributed by atoms with Crippen LogP contribution in [0.4, 0.5) is 4.39 Å². The summed E-state index contributed by atoms with van der Waals surface area (Å²) in [5, 5.41) is 14.4. The van der Waals surface area contributed by atoms with Gasteiger partial charge in [0.2, 0.25) is 10.0 Å². The zero-order chi connectivity index (χ0) is 28.6. The Balaban J connectivity index is 1.22. The molecule has 0 radical (unpaired) electrons. The number of aromatic nitrogens is 2. The van der Waals surface area contributed by atoms with Gasteiger partial charge in [-0.05, 0) is 103 Å². The largest absolute Gasteiger partial charge is 0.457 e. The van der Waals surface area contributed by atoms with Crippen molar-refractivity contribution in [3.63, 3.8) is 0 Å². The zero-order valence-corrected chi connectivity index (χ0v) is 23.6. The first-order valence-electron chi connectivity index (χ1n) is 13.8. The van der Waals surface area contributed by atoms with Gasteiger partial charge in [-0.2, -0.15) is 9.40 Å². The number of hydrogen-bond acceptors (Lipinski definition) is 5. The lowest BCUT2D eigenvalue weighted by Gasteiger charge is -2.38. The molecule has 1 N–H and O–H groups in total. The maximum absolute atomic E-state index is 13.7. The second kappa shape index (κ2) is 10.9. The molecule has 0 spiro atoms. The van der Waals surface area contributed by atoms with Crippen LogP contribution in [0.1, 0.15) is 31.0 Å². The zero-order valence-electron chi connectivity index (χ0n) is 22.8. The van der Waals surface area contributed by atoms with Gasteiger partial charge in [0.05, 0.1) is 29.1 Å². The van der Waals surface area contributed by atoms with Crippen molar-refractivity contribution in [2.75, 3.05) is 19.7 Å². The molecule has 0 aliphatic heterocycles. The van der Waals surface area contributed by atoms with Crippen LogP contribution >= 0.6 is 0 Å². The lowest BCUT2D eigenvalue weighted by molar-refractivity contribution is 0.194. The Morgan fingerprint density at radius 3 is 2.46 bits per heavy atom. The molecule has 41 heavy (non-hydrogen) atoms. The molecule has 2 atom stereocenters. The van der Waals surface area contributed by atoms with Crippen LogP contribution in [0.2, 0.25) is 0 Å². The first-order chi connectivity index (χ1) is 19.8. The van der Waals surface area contributed by atoms with Crippen LogP contribution in [0, 0.1) is 17.2 Å². The number of fused-ring (bicyclic) bond motifs is 2. The molecule has 6 rings (SSSR count). The molecule has 1 fully saturated rings. The summed E-state index contributed by atoms with van der Waals surface area (Å²) in [6, 6.07) is 22.0. The number of allylic oxidation sites excluding steroid dienone is 1. The number of rotatable bonds is 9. The Bertz CT molecular complexity index is 1670. The molecule has 212 valence electrons. The van der Waals surface area contributed by atoms with E-state index in [9.17, 15) is 17.9 Å². The summed E-state index contributed by atoms with van der Waals surface area (Å²) in [6.07, 6.45) is 6.46. The van der Waals surface area contributed by atoms with Crippen LogP contribution < -0.4 is 4.74 Å². The molecule has 1 aromatic heterocycles. The summed E-state index contributed by atoms with van der Waals surface area (Å²) in [5.41, 5.74) is 3.89. The lowest BCUT2D eigenvalue weighted by Crippen LogP contribution is -2.42. The van der Waals surface area contributed by atoms with Crippen molar-refractivity contribution >= 4 is 16.1 Å². The van der Waals surface area contributed by atoms with Crippen molar-refractivity contribution in [3.05, 3.63) is 108 Å². The third-order valence-corrected chi connectivity index (χ3v) is 10.3. The maximum atomic E-state index is 13.7. The van der Waals surface area contributed by atoms with Crippen molar-refractivity contribution in [3.8, 4) is 17.2 Å². The average molecular weight is 574 g/mol. The number of aliphatic hydroxyl groups excluding tert-OH is 1. The van der Waals surface area contributed by atoms with Crippen LogP contribution in [-0.2, 0) is 16.4 Å². The fraction of sp³-hybridized carbons (Fsp3) is 0.281. The van der Waals surface area contributed by atoms with E-state index < -0.39 is 10.0 Å². The van der Waals surface area contributed by atoms with Gasteiger partial charge in [0.1, 0.15) is 17.3 Å². The summed E-state index contributed by atoms with van der Waals surface area (Å²) in [7, 11) is -3.85. The van der Waals surface area contributed by atoms with Gasteiger partial charge in [-0.1, -0.05) is 30.7 Å². The Morgan fingerprint density at radius 2 is 1.76 bits per heavy atom. The van der Waals surface area contributed by atoms with E-state index in [4.69, 9.17) is 4.74 Å². The van der Waals surface area contributed by atoms with Crippen molar-refractivity contribution in [2.24, 2.45) is 11.3 Å². The van der Waals surface area contributed by atoms with E-state index in [0.717, 1.165) is 36.2 Å². The molecule has 9 heteroatoms. The molecule has 0 amide bonds. The van der Waals surface area contributed by atoms with Crippen LogP contribution in [0.25, 0.3) is 11.8 Å². The predicted molar refractivity (Wildman–Crippen MR) is 155 cm³/mol. The second-order valence-corrected chi connectivity index (χ2v) is 12.9. The highest BCUT2D eigenvalue weighted by molar-refractivity contribution is 7.89. The van der Waals surface area contributed by atoms with Crippen molar-refractivity contribution in [2.45, 2.75) is 31.1 Å². The predicted octanol–water partition coefficient (Wildman–Crippen LogP) is 5.84. The van der Waals surface area contributed by atoms with Gasteiger partial charge in [0, 0.05) is 13.1 Å². The third-order valence-electron chi connectivity index (χ3n) is 8.44. The molecule has 1 saturated carbocycles. The summed E-state index contributed by atoms with van der Waals surface area (Å²) < 4.78 is 50.0. The van der Waals surface area contributed by atoms with E-state index >= 15 is 0 Å². The first-order valence-corrected chi connectivity index (χ1v) is 15.2. The smallest absolute Gasteiger partial charge is 0.243 e. The number of halogens is 1. The SMILES string of the molecule is C[C@]12Cc3cnn(-c4ccc(F)cc4)c3C=C1CC[C@@H]2CN(CCO)S(=O)(=O)c1ccc(Oc2ccccc2)cc1. The van der Waals surface area contributed by atoms with Crippen molar-refractivity contribution < 1.29 is 22.7 Å². The monoisotopic (exact) mass is 573 g/mol. The van der Waals surface area contributed by atoms with Crippen molar-refractivity contribution in [1.29, 1.82) is 0 Å². The average Bonchev–Trinajstić information content (AvgIpc) is 3.52. The van der Waals surface area contributed by atoms with E-state index in [0.29, 0.717) is 18.0 Å². The molecule has 1 heterocycles. The minimum absolute atomic E-state index is 0.0178. The van der Waals surface area contributed by atoms with E-state index in [1.165, 1.54) is 22.0 Å². The summed E-state index contributed by atoms with van der Waals surface area (Å²) in [5.74, 6) is 0.986. The number of ether oxygens (including phenoxy) is 1. The standard InChI is InChI=1S/C32H32FN3O4S/c1-32-20-23-21-34-36(27-11-9-26(33)10-12-27)31(23)19-24(32)7-8-25(32)22-35(17-18-37)41(38,39)30-15-13-29(14-16-30)40-28-5-3-2-4-6-28/h2-6,9-16,19,21,25,37H,7-8,17-18,20,22H2,1H3/t25-,32+/m1/s1. The fourth-order valence-corrected chi connectivity index (χ4v) is 7.61. The first kappa shape index (κ1) is 27.4. The molecule has 0 unspecified atom stereocenters. The number of para-hydroxylation sites is 1.